The number of carbonyl (C=O) groups is 1. The van der Waals surface area contributed by atoms with Crippen LogP contribution in [0, 0.1) is 0 Å². The first-order valence-corrected chi connectivity index (χ1v) is 7.96. The highest BCUT2D eigenvalue weighted by Gasteiger charge is 2.09. The maximum atomic E-state index is 12.2. The lowest BCUT2D eigenvalue weighted by Gasteiger charge is -2.00. The molecule has 0 amide bonds. The van der Waals surface area contributed by atoms with Crippen molar-refractivity contribution in [1.82, 2.24) is 9.78 Å². The van der Waals surface area contributed by atoms with Gasteiger partial charge in [-0.1, -0.05) is 17.7 Å². The van der Waals surface area contributed by atoms with Crippen LogP contribution in [0.1, 0.15) is 22.5 Å². The zero-order chi connectivity index (χ0) is 14.7. The average molecular weight is 317 g/mol. The zero-order valence-corrected chi connectivity index (χ0v) is 12.8. The van der Waals surface area contributed by atoms with Gasteiger partial charge < -0.3 is 0 Å². The number of carbonyl (C=O) groups excluding carboxylic acids is 1. The zero-order valence-electron chi connectivity index (χ0n) is 11.2. The van der Waals surface area contributed by atoms with Crippen LogP contribution < -0.4 is 0 Å². The van der Waals surface area contributed by atoms with Crippen LogP contribution in [0.5, 0.6) is 0 Å². The molecule has 0 N–H and O–H groups in total. The van der Waals surface area contributed by atoms with Crippen LogP contribution in [0.25, 0.3) is 6.08 Å². The molecule has 1 aliphatic heterocycles. The van der Waals surface area contributed by atoms with Crippen molar-refractivity contribution in [1.29, 1.82) is 0 Å². The molecule has 0 fully saturated rings. The van der Waals surface area contributed by atoms with Crippen molar-refractivity contribution in [2.45, 2.75) is 6.42 Å². The third-order valence-electron chi connectivity index (χ3n) is 3.06. The fourth-order valence-electron chi connectivity index (χ4n) is 1.99. The number of allylic oxidation sites excluding steroid dienone is 2. The van der Waals surface area contributed by atoms with Gasteiger partial charge in [-0.15, -0.1) is 11.8 Å². The fourth-order valence-corrected chi connectivity index (χ4v) is 2.98. The predicted octanol–water partition coefficient (Wildman–Crippen LogP) is 4.26. The van der Waals surface area contributed by atoms with E-state index >= 15 is 0 Å². The minimum absolute atomic E-state index is 0.166. The molecule has 0 saturated carbocycles. The van der Waals surface area contributed by atoms with Crippen LogP contribution in [0.15, 0.2) is 53.6 Å². The first-order valence-electron chi connectivity index (χ1n) is 6.59. The largest absolute Gasteiger partial charge is 0.278 e. The summed E-state index contributed by atoms with van der Waals surface area (Å²) in [7, 11) is 0. The van der Waals surface area contributed by atoms with Crippen LogP contribution in [0.3, 0.4) is 0 Å². The molecule has 2 heterocycles. The van der Waals surface area contributed by atoms with Gasteiger partial charge in [0.05, 0.1) is 5.69 Å². The minimum atomic E-state index is -0.166. The van der Waals surface area contributed by atoms with E-state index in [-0.39, 0.29) is 5.91 Å². The SMILES string of the molecule is O=C(c1ccc(Cl)cc1)n1ccc(/C=C/C2=CCCS2)n1. The summed E-state index contributed by atoms with van der Waals surface area (Å²) in [6.45, 7) is 0. The highest BCUT2D eigenvalue weighted by molar-refractivity contribution is 8.03. The van der Waals surface area contributed by atoms with Crippen molar-refractivity contribution in [2.75, 3.05) is 5.75 Å². The van der Waals surface area contributed by atoms with Gasteiger partial charge in [0, 0.05) is 27.4 Å². The summed E-state index contributed by atoms with van der Waals surface area (Å²) in [5, 5.41) is 4.89. The summed E-state index contributed by atoms with van der Waals surface area (Å²) >= 11 is 7.65. The minimum Gasteiger partial charge on any atom is -0.267 e. The normalized spacial score (nSPS) is 14.6. The molecule has 1 aliphatic rings. The second kappa shape index (κ2) is 6.33. The topological polar surface area (TPSA) is 34.9 Å². The maximum Gasteiger partial charge on any atom is 0.278 e. The maximum absolute atomic E-state index is 12.2. The van der Waals surface area contributed by atoms with Gasteiger partial charge in [0.1, 0.15) is 0 Å². The Morgan fingerprint density at radius 3 is 2.76 bits per heavy atom. The number of benzene rings is 1. The predicted molar refractivity (Wildman–Crippen MR) is 87.6 cm³/mol. The smallest absolute Gasteiger partial charge is 0.267 e. The van der Waals surface area contributed by atoms with Gasteiger partial charge >= 0.3 is 0 Å². The van der Waals surface area contributed by atoms with Gasteiger partial charge in [-0.2, -0.15) is 5.10 Å². The summed E-state index contributed by atoms with van der Waals surface area (Å²) in [6.07, 6.45) is 8.96. The van der Waals surface area contributed by atoms with Crippen LogP contribution >= 0.6 is 23.4 Å². The molecule has 3 nitrogen and oxygen atoms in total. The van der Waals surface area contributed by atoms with E-state index in [0.29, 0.717) is 10.6 Å². The Kier molecular flexibility index (Phi) is 4.27. The lowest BCUT2D eigenvalue weighted by atomic mass is 10.2. The molecule has 0 saturated heterocycles. The highest BCUT2D eigenvalue weighted by Crippen LogP contribution is 2.26. The lowest BCUT2D eigenvalue weighted by molar-refractivity contribution is 0.0945. The quantitative estimate of drug-likeness (QED) is 0.848. The fraction of sp³-hybridized carbons (Fsp3) is 0.125. The van der Waals surface area contributed by atoms with Crippen molar-refractivity contribution < 1.29 is 4.79 Å². The van der Waals surface area contributed by atoms with Crippen LogP contribution in [0.2, 0.25) is 5.02 Å². The van der Waals surface area contributed by atoms with Gasteiger partial charge in [-0.25, -0.2) is 4.68 Å². The second-order valence-electron chi connectivity index (χ2n) is 4.57. The summed E-state index contributed by atoms with van der Waals surface area (Å²) in [4.78, 5) is 13.5. The number of aromatic nitrogens is 2. The molecule has 106 valence electrons. The Bertz CT molecular complexity index is 716. The van der Waals surface area contributed by atoms with Gasteiger partial charge in [0.2, 0.25) is 0 Å². The van der Waals surface area contributed by atoms with Gasteiger partial charge in [-0.3, -0.25) is 4.79 Å². The molecule has 2 aromatic rings. The number of halogens is 1. The van der Waals surface area contributed by atoms with E-state index < -0.39 is 0 Å². The third-order valence-corrected chi connectivity index (χ3v) is 4.39. The molecular weight excluding hydrogens is 304 g/mol. The van der Waals surface area contributed by atoms with E-state index in [9.17, 15) is 4.79 Å². The number of rotatable bonds is 3. The highest BCUT2D eigenvalue weighted by atomic mass is 35.5. The van der Waals surface area contributed by atoms with Crippen LogP contribution in [-0.2, 0) is 0 Å². The Balaban J connectivity index is 1.75. The van der Waals surface area contributed by atoms with E-state index in [1.165, 1.54) is 9.59 Å². The van der Waals surface area contributed by atoms with Crippen molar-refractivity contribution >= 4 is 35.3 Å². The van der Waals surface area contributed by atoms with Crippen molar-refractivity contribution in [3.63, 3.8) is 0 Å². The Morgan fingerprint density at radius 1 is 1.24 bits per heavy atom. The van der Waals surface area contributed by atoms with Crippen molar-refractivity contribution in [2.24, 2.45) is 0 Å². The molecule has 0 unspecified atom stereocenters. The van der Waals surface area contributed by atoms with E-state index in [2.05, 4.69) is 11.2 Å². The summed E-state index contributed by atoms with van der Waals surface area (Å²) in [5.41, 5.74) is 1.33. The van der Waals surface area contributed by atoms with E-state index in [0.717, 1.165) is 17.9 Å². The van der Waals surface area contributed by atoms with E-state index in [1.807, 2.05) is 30.0 Å². The Hall–Kier alpha value is -1.78. The van der Waals surface area contributed by atoms with Crippen molar-refractivity contribution in [3.05, 3.63) is 69.9 Å². The molecule has 0 bridgehead atoms. The molecule has 1 aromatic heterocycles. The van der Waals surface area contributed by atoms with Crippen LogP contribution in [-0.4, -0.2) is 21.4 Å². The third kappa shape index (κ3) is 3.46. The van der Waals surface area contributed by atoms with E-state index in [1.54, 1.807) is 30.5 Å². The first-order chi connectivity index (χ1) is 10.2. The Morgan fingerprint density at radius 2 is 2.05 bits per heavy atom. The average Bonchev–Trinajstić information content (AvgIpc) is 3.17. The molecule has 1 aromatic carbocycles. The molecule has 0 aliphatic carbocycles. The molecule has 21 heavy (non-hydrogen) atoms. The number of hydrogen-bond acceptors (Lipinski definition) is 3. The first kappa shape index (κ1) is 14.2. The Labute approximate surface area is 132 Å². The number of hydrogen-bond donors (Lipinski definition) is 0. The van der Waals surface area contributed by atoms with Crippen LogP contribution in [0.4, 0.5) is 0 Å². The van der Waals surface area contributed by atoms with Crippen molar-refractivity contribution in [3.8, 4) is 0 Å². The molecule has 3 rings (SSSR count). The standard InChI is InChI=1S/C16H13ClN2OS/c17-13-5-3-12(4-6-13)16(20)19-10-9-14(18-19)7-8-15-2-1-11-21-15/h2-10H,1,11H2/b8-7+. The summed E-state index contributed by atoms with van der Waals surface area (Å²) in [6, 6.07) is 8.61. The molecule has 5 heteroatoms. The summed E-state index contributed by atoms with van der Waals surface area (Å²) in [5.74, 6) is 0.976. The van der Waals surface area contributed by atoms with E-state index in [4.69, 9.17) is 11.6 Å². The molecular formula is C16H13ClN2OS. The monoisotopic (exact) mass is 316 g/mol. The van der Waals surface area contributed by atoms with Gasteiger partial charge in [0.25, 0.3) is 5.91 Å². The number of thioether (sulfide) groups is 1. The molecule has 0 radical (unpaired) electrons. The lowest BCUT2D eigenvalue weighted by Crippen LogP contribution is -2.12. The molecule has 0 atom stereocenters. The second-order valence-corrected chi connectivity index (χ2v) is 6.18. The molecule has 0 spiro atoms. The number of nitrogens with zero attached hydrogens (tertiary/aromatic N) is 2. The van der Waals surface area contributed by atoms with Gasteiger partial charge in [-0.05, 0) is 48.9 Å². The summed E-state index contributed by atoms with van der Waals surface area (Å²) < 4.78 is 1.35. The van der Waals surface area contributed by atoms with Gasteiger partial charge in [0.15, 0.2) is 0 Å².